The zero-order chi connectivity index (χ0) is 26.0. The molecule has 13 heteroatoms. The fourth-order valence-corrected chi connectivity index (χ4v) is 4.74. The van der Waals surface area contributed by atoms with Crippen LogP contribution in [0.4, 0.5) is 31.7 Å². The number of halogens is 2. The van der Waals surface area contributed by atoms with Crippen LogP contribution in [0, 0.1) is 17.0 Å². The molecular weight excluding hydrogens is 492 g/mol. The smallest absolute Gasteiger partial charge is 0.232 e. The van der Waals surface area contributed by atoms with Gasteiger partial charge in [-0.1, -0.05) is 6.92 Å². The van der Waals surface area contributed by atoms with Crippen LogP contribution in [-0.2, 0) is 10.0 Å². The maximum absolute atomic E-state index is 15.2. The molecule has 0 aliphatic heterocycles. The third-order valence-corrected chi connectivity index (χ3v) is 6.75. The van der Waals surface area contributed by atoms with Crippen LogP contribution in [0.15, 0.2) is 42.9 Å². The van der Waals surface area contributed by atoms with Gasteiger partial charge in [-0.15, -0.1) is 0 Å². The summed E-state index contributed by atoms with van der Waals surface area (Å²) in [5.74, 6) is -3.65. The molecule has 6 N–H and O–H groups in total. The quantitative estimate of drug-likeness (QED) is 0.128. The summed E-state index contributed by atoms with van der Waals surface area (Å²) in [4.78, 5) is 24.4. The van der Waals surface area contributed by atoms with Crippen molar-refractivity contribution in [2.24, 2.45) is 0 Å². The van der Waals surface area contributed by atoms with Crippen molar-refractivity contribution in [2.45, 2.75) is 13.3 Å². The van der Waals surface area contributed by atoms with E-state index < -0.39 is 38.7 Å². The number of aromatic nitrogens is 3. The summed E-state index contributed by atoms with van der Waals surface area (Å²) in [6.07, 6.45) is 3.83. The number of hydrogen-bond acceptors (Lipinski definition) is 8. The van der Waals surface area contributed by atoms with Gasteiger partial charge in [0, 0.05) is 29.3 Å². The van der Waals surface area contributed by atoms with Crippen molar-refractivity contribution in [3.8, 4) is 0 Å². The van der Waals surface area contributed by atoms with E-state index >= 15 is 4.39 Å². The highest BCUT2D eigenvalue weighted by Gasteiger charge is 2.27. The molecule has 4 aromatic rings. The van der Waals surface area contributed by atoms with Crippen molar-refractivity contribution < 1.29 is 22.0 Å². The molecule has 0 aliphatic rings. The summed E-state index contributed by atoms with van der Waals surface area (Å²) in [5.41, 5.74) is 5.77. The lowest BCUT2D eigenvalue weighted by atomic mass is 10.0. The number of nitrogen functional groups attached to an aromatic ring is 1. The zero-order valence-electron chi connectivity index (χ0n) is 18.9. The molecule has 2 aromatic carbocycles. The van der Waals surface area contributed by atoms with E-state index in [4.69, 9.17) is 11.1 Å². The van der Waals surface area contributed by atoms with Crippen LogP contribution in [0.1, 0.15) is 34.8 Å². The number of hydrogen-bond donors (Lipinski definition) is 5. The molecule has 36 heavy (non-hydrogen) atoms. The molecule has 0 fully saturated rings. The maximum atomic E-state index is 15.2. The molecule has 0 saturated carbocycles. The lowest BCUT2D eigenvalue weighted by molar-refractivity contribution is 0.103. The monoisotopic (exact) mass is 513 g/mol. The van der Waals surface area contributed by atoms with Gasteiger partial charge in [-0.3, -0.25) is 9.52 Å². The van der Waals surface area contributed by atoms with Crippen molar-refractivity contribution in [3.63, 3.8) is 0 Å². The molecule has 2 aromatic heterocycles. The highest BCUT2D eigenvalue weighted by atomic mass is 32.2. The Hall–Kier alpha value is -4.39. The van der Waals surface area contributed by atoms with Crippen molar-refractivity contribution >= 4 is 55.9 Å². The van der Waals surface area contributed by atoms with Crippen LogP contribution in [-0.4, -0.2) is 41.1 Å². The third-order valence-electron chi connectivity index (χ3n) is 5.28. The fourth-order valence-electron chi connectivity index (χ4n) is 3.61. The first kappa shape index (κ1) is 24.7. The molecule has 186 valence electrons. The van der Waals surface area contributed by atoms with E-state index in [9.17, 15) is 17.6 Å². The van der Waals surface area contributed by atoms with Gasteiger partial charge in [-0.05, 0) is 36.8 Å². The van der Waals surface area contributed by atoms with Gasteiger partial charge in [0.15, 0.2) is 5.82 Å². The number of anilines is 4. The molecule has 0 amide bonds. The Kier molecular flexibility index (Phi) is 6.66. The average molecular weight is 514 g/mol. The first-order chi connectivity index (χ1) is 17.1. The highest BCUT2D eigenvalue weighted by Crippen LogP contribution is 2.31. The molecule has 0 bridgehead atoms. The minimum atomic E-state index is -3.89. The van der Waals surface area contributed by atoms with Gasteiger partial charge in [-0.25, -0.2) is 27.2 Å². The summed E-state index contributed by atoms with van der Waals surface area (Å²) in [7, 11) is -3.89. The zero-order valence-corrected chi connectivity index (χ0v) is 19.7. The van der Waals surface area contributed by atoms with Crippen LogP contribution in [0.3, 0.4) is 0 Å². The van der Waals surface area contributed by atoms with Crippen molar-refractivity contribution in [3.05, 3.63) is 71.2 Å². The number of nitrogens with one attached hydrogen (secondary N) is 4. The Bertz CT molecular complexity index is 1600. The van der Waals surface area contributed by atoms with Crippen molar-refractivity contribution in [1.82, 2.24) is 15.0 Å². The second-order valence-electron chi connectivity index (χ2n) is 7.80. The van der Waals surface area contributed by atoms with Crippen LogP contribution in [0.5, 0.6) is 0 Å². The topological polar surface area (TPSA) is 167 Å². The summed E-state index contributed by atoms with van der Waals surface area (Å²) in [6.45, 7) is 1.64. The van der Waals surface area contributed by atoms with Gasteiger partial charge in [-0.2, -0.15) is 0 Å². The number of aromatic amines is 1. The highest BCUT2D eigenvalue weighted by molar-refractivity contribution is 7.92. The van der Waals surface area contributed by atoms with E-state index in [-0.39, 0.29) is 34.6 Å². The fraction of sp³-hybridized carbons (Fsp3) is 0.130. The minimum absolute atomic E-state index is 0.137. The number of fused-ring (bicyclic) bond motifs is 1. The van der Waals surface area contributed by atoms with E-state index in [2.05, 4.69) is 25.0 Å². The number of benzene rings is 2. The first-order valence-electron chi connectivity index (χ1n) is 10.7. The van der Waals surface area contributed by atoms with Crippen LogP contribution in [0.25, 0.3) is 11.0 Å². The molecule has 0 atom stereocenters. The Morgan fingerprint density at radius 1 is 1.22 bits per heavy atom. The normalized spacial score (nSPS) is 11.4. The Labute approximate surface area is 204 Å². The molecule has 0 aliphatic carbocycles. The van der Waals surface area contributed by atoms with E-state index in [1.807, 2.05) is 0 Å². The molecular formula is C23H21F2N7O3S. The second kappa shape index (κ2) is 9.70. The largest absolute Gasteiger partial charge is 0.398 e. The number of rotatable bonds is 9. The molecule has 0 spiro atoms. The average Bonchev–Trinajstić information content (AvgIpc) is 3.27. The predicted octanol–water partition coefficient (Wildman–Crippen LogP) is 3.94. The number of ketones is 1. The van der Waals surface area contributed by atoms with Crippen molar-refractivity contribution in [2.75, 3.05) is 21.5 Å². The first-order valence-corrected chi connectivity index (χ1v) is 12.3. The summed E-state index contributed by atoms with van der Waals surface area (Å²) >= 11 is 0. The summed E-state index contributed by atoms with van der Waals surface area (Å²) < 4.78 is 56.2. The molecule has 0 unspecified atom stereocenters. The standard InChI is InChI=1S/C23H21F2N7O3S/c1-2-7-36(34,35)32-17-6-4-15(24)19(20(17)25)21(33)14-10-28-22-18(14)23(30-11-29-22)31-13-3-5-16(27)12(8-13)9-26/h3-6,8-11,26,32H,2,7,27H2,1H3,(H2,28,29,30,31). The van der Waals surface area contributed by atoms with Gasteiger partial charge in [0.2, 0.25) is 15.8 Å². The van der Waals surface area contributed by atoms with Gasteiger partial charge < -0.3 is 21.4 Å². The number of nitrogens with two attached hydrogens (primary N) is 1. The molecule has 0 radical (unpaired) electrons. The maximum Gasteiger partial charge on any atom is 0.232 e. The van der Waals surface area contributed by atoms with Crippen molar-refractivity contribution in [1.29, 1.82) is 5.41 Å². The van der Waals surface area contributed by atoms with E-state index in [0.717, 1.165) is 18.3 Å². The van der Waals surface area contributed by atoms with E-state index in [1.165, 1.54) is 12.5 Å². The Balaban J connectivity index is 1.78. The van der Waals surface area contributed by atoms with Crippen LogP contribution < -0.4 is 15.8 Å². The van der Waals surface area contributed by atoms with Gasteiger partial charge in [0.25, 0.3) is 0 Å². The Morgan fingerprint density at radius 2 is 2.00 bits per heavy atom. The number of carbonyl (C=O) groups is 1. The second-order valence-corrected chi connectivity index (χ2v) is 9.64. The SMILES string of the molecule is CCCS(=O)(=O)Nc1ccc(F)c(C(=O)c2c[nH]c3ncnc(Nc4ccc(N)c(C=N)c4)c23)c1F. The molecule has 2 heterocycles. The number of carbonyl (C=O) groups excluding carboxylic acids is 1. The van der Waals surface area contributed by atoms with E-state index in [1.54, 1.807) is 25.1 Å². The van der Waals surface area contributed by atoms with E-state index in [0.29, 0.717) is 16.9 Å². The predicted molar refractivity (Wildman–Crippen MR) is 133 cm³/mol. The van der Waals surface area contributed by atoms with Gasteiger partial charge >= 0.3 is 0 Å². The third kappa shape index (κ3) is 4.73. The number of sulfonamides is 1. The lowest BCUT2D eigenvalue weighted by Crippen LogP contribution is -2.18. The minimum Gasteiger partial charge on any atom is -0.398 e. The molecule has 0 saturated heterocycles. The number of nitrogens with zero attached hydrogens (tertiary/aromatic N) is 2. The Morgan fingerprint density at radius 3 is 2.72 bits per heavy atom. The summed E-state index contributed by atoms with van der Waals surface area (Å²) in [5, 5.41) is 10.6. The van der Waals surface area contributed by atoms with Gasteiger partial charge in [0.1, 0.15) is 23.6 Å². The van der Waals surface area contributed by atoms with Gasteiger partial charge in [0.05, 0.1) is 28.0 Å². The molecule has 4 rings (SSSR count). The summed E-state index contributed by atoms with van der Waals surface area (Å²) in [6, 6.07) is 6.55. The number of H-pyrrole nitrogens is 1. The van der Waals surface area contributed by atoms with Crippen LogP contribution in [0.2, 0.25) is 0 Å². The van der Waals surface area contributed by atoms with Crippen LogP contribution >= 0.6 is 0 Å². The molecule has 10 nitrogen and oxygen atoms in total. The lowest BCUT2D eigenvalue weighted by Gasteiger charge is -2.12.